The maximum absolute atomic E-state index is 10.8. The first-order valence-electron chi connectivity index (χ1n) is 8.21. The van der Waals surface area contributed by atoms with Crippen LogP contribution in [0.4, 0.5) is 4.79 Å². The second-order valence-electron chi connectivity index (χ2n) is 6.56. The topological polar surface area (TPSA) is 128 Å². The van der Waals surface area contributed by atoms with Crippen molar-refractivity contribution in [2.45, 2.75) is 81.7 Å². The van der Waals surface area contributed by atoms with Gasteiger partial charge < -0.3 is 11.5 Å². The van der Waals surface area contributed by atoms with Crippen molar-refractivity contribution in [2.24, 2.45) is 21.5 Å². The van der Waals surface area contributed by atoms with E-state index in [1.54, 1.807) is 12.2 Å². The molecule has 0 unspecified atom stereocenters. The Bertz CT molecular complexity index is 440. The molecule has 2 amide bonds. The highest BCUT2D eigenvalue weighted by molar-refractivity contribution is 5.69. The molecule has 7 nitrogen and oxygen atoms in total. The Morgan fingerprint density at radius 3 is 1.35 bits per heavy atom. The zero-order chi connectivity index (χ0) is 17.2. The number of primary amides is 2. The molecule has 0 saturated heterocycles. The maximum atomic E-state index is 10.8. The summed E-state index contributed by atoms with van der Waals surface area (Å²) in [6.07, 6.45) is 14.8. The molecule has 2 saturated carbocycles. The number of carbonyl (C=O) groups is 1. The molecule has 0 aromatic heterocycles. The Morgan fingerprint density at radius 1 is 0.783 bits per heavy atom. The second kappa shape index (κ2) is 9.23. The fourth-order valence-electron chi connectivity index (χ4n) is 3.88. The van der Waals surface area contributed by atoms with E-state index < -0.39 is 6.03 Å². The van der Waals surface area contributed by atoms with Crippen LogP contribution in [0.15, 0.2) is 9.98 Å². The normalized spacial score (nSPS) is 21.6. The van der Waals surface area contributed by atoms with Crippen LogP contribution in [-0.4, -0.2) is 29.3 Å². The number of nitrogens with zero attached hydrogens (tertiary/aromatic N) is 2. The molecule has 0 bridgehead atoms. The van der Waals surface area contributed by atoms with Crippen LogP contribution in [0.1, 0.15) is 70.6 Å². The molecule has 23 heavy (non-hydrogen) atoms. The number of amides is 2. The van der Waals surface area contributed by atoms with E-state index in [4.69, 9.17) is 4.79 Å². The van der Waals surface area contributed by atoms with Crippen molar-refractivity contribution in [3.63, 3.8) is 0 Å². The van der Waals surface area contributed by atoms with E-state index in [9.17, 15) is 9.59 Å². The van der Waals surface area contributed by atoms with Crippen molar-refractivity contribution in [3.05, 3.63) is 0 Å². The summed E-state index contributed by atoms with van der Waals surface area (Å²) in [4.78, 5) is 38.8. The Morgan fingerprint density at radius 2 is 1.09 bits per heavy atom. The minimum Gasteiger partial charge on any atom is -0.352 e. The molecule has 7 heteroatoms. The minimum atomic E-state index is -0.833. The Hall–Kier alpha value is -1.97. The Labute approximate surface area is 136 Å². The summed E-state index contributed by atoms with van der Waals surface area (Å²) < 4.78 is 0. The third-order valence-corrected chi connectivity index (χ3v) is 4.79. The van der Waals surface area contributed by atoms with Crippen molar-refractivity contribution >= 4 is 18.2 Å². The fourth-order valence-corrected chi connectivity index (χ4v) is 3.88. The van der Waals surface area contributed by atoms with Gasteiger partial charge in [-0.1, -0.05) is 38.5 Å². The third-order valence-electron chi connectivity index (χ3n) is 4.79. The zero-order valence-corrected chi connectivity index (χ0v) is 13.6. The molecule has 0 aliphatic heterocycles. The zero-order valence-electron chi connectivity index (χ0n) is 13.6. The lowest BCUT2D eigenvalue weighted by molar-refractivity contribution is 0.181. The van der Waals surface area contributed by atoms with E-state index in [1.165, 1.54) is 12.8 Å². The van der Waals surface area contributed by atoms with Gasteiger partial charge in [0.2, 0.25) is 12.2 Å². The van der Waals surface area contributed by atoms with Crippen LogP contribution in [0, 0.1) is 0 Å². The van der Waals surface area contributed by atoms with Gasteiger partial charge >= 0.3 is 6.03 Å². The molecule has 0 spiro atoms. The summed E-state index contributed by atoms with van der Waals surface area (Å²) in [6.45, 7) is 0. The monoisotopic (exact) mass is 322 g/mol. The van der Waals surface area contributed by atoms with Gasteiger partial charge in [-0.25, -0.2) is 14.4 Å². The lowest BCUT2D eigenvalue weighted by atomic mass is 9.69. The van der Waals surface area contributed by atoms with Crippen LogP contribution in [0.25, 0.3) is 0 Å². The SMILES string of the molecule is NC(N)=O.O=C=NC1(CC2(N=C=O)CCCCC2)CCCCC1. The molecule has 0 heterocycles. The van der Waals surface area contributed by atoms with Gasteiger partial charge in [-0.2, -0.15) is 9.98 Å². The van der Waals surface area contributed by atoms with Crippen LogP contribution in [0.2, 0.25) is 0 Å². The number of isocyanates is 2. The number of carbonyl (C=O) groups excluding carboxylic acids is 3. The second-order valence-corrected chi connectivity index (χ2v) is 6.56. The van der Waals surface area contributed by atoms with Gasteiger partial charge in [0.1, 0.15) is 0 Å². The molecule has 0 aromatic rings. The summed E-state index contributed by atoms with van der Waals surface area (Å²) in [7, 11) is 0. The highest BCUT2D eigenvalue weighted by Crippen LogP contribution is 2.44. The number of rotatable bonds is 4. The van der Waals surface area contributed by atoms with Crippen molar-refractivity contribution in [1.29, 1.82) is 0 Å². The van der Waals surface area contributed by atoms with Crippen LogP contribution in [-0.2, 0) is 9.59 Å². The van der Waals surface area contributed by atoms with Crippen LogP contribution in [0.5, 0.6) is 0 Å². The summed E-state index contributed by atoms with van der Waals surface area (Å²) in [5.74, 6) is 0. The molecule has 0 radical (unpaired) electrons. The molecule has 2 aliphatic carbocycles. The molecule has 128 valence electrons. The van der Waals surface area contributed by atoms with Crippen molar-refractivity contribution in [3.8, 4) is 0 Å². The highest BCUT2D eigenvalue weighted by atomic mass is 16.2. The number of hydrogen-bond donors (Lipinski definition) is 2. The Kier molecular flexibility index (Phi) is 7.66. The largest absolute Gasteiger partial charge is 0.352 e. The van der Waals surface area contributed by atoms with E-state index in [0.717, 1.165) is 57.8 Å². The van der Waals surface area contributed by atoms with E-state index in [1.807, 2.05) is 0 Å². The first-order valence-corrected chi connectivity index (χ1v) is 8.21. The number of hydrogen-bond acceptors (Lipinski definition) is 5. The van der Waals surface area contributed by atoms with Gasteiger partial charge in [-0.05, 0) is 32.1 Å². The predicted octanol–water partition coefficient (Wildman–Crippen LogP) is 2.48. The van der Waals surface area contributed by atoms with E-state index in [0.29, 0.717) is 0 Å². The summed E-state index contributed by atoms with van der Waals surface area (Å²) >= 11 is 0. The van der Waals surface area contributed by atoms with E-state index in [-0.39, 0.29) is 11.1 Å². The highest BCUT2D eigenvalue weighted by Gasteiger charge is 2.43. The predicted molar refractivity (Wildman–Crippen MR) is 86.3 cm³/mol. The lowest BCUT2D eigenvalue weighted by Crippen LogP contribution is -2.41. The Balaban J connectivity index is 0.000000593. The molecular formula is C16H26N4O3. The minimum absolute atomic E-state index is 0.322. The van der Waals surface area contributed by atoms with Gasteiger partial charge in [-0.15, -0.1) is 0 Å². The first-order chi connectivity index (χ1) is 11.0. The molecule has 2 fully saturated rings. The van der Waals surface area contributed by atoms with Gasteiger partial charge in [-0.3, -0.25) is 0 Å². The standard InChI is InChI=1S/C15H22N2O2.CH4N2O/c18-12-16-14(7-3-1-4-8-14)11-15(17-13-19)9-5-2-6-10-15;2-1(3)4/h1-11H2;(H4,2,3,4). The molecule has 0 atom stereocenters. The first kappa shape index (κ1) is 19.1. The molecule has 4 N–H and O–H groups in total. The van der Waals surface area contributed by atoms with Gasteiger partial charge in [0.25, 0.3) is 0 Å². The van der Waals surface area contributed by atoms with Gasteiger partial charge in [0.15, 0.2) is 0 Å². The average Bonchev–Trinajstić information content (AvgIpc) is 2.48. The molecule has 2 aliphatic rings. The van der Waals surface area contributed by atoms with Crippen molar-refractivity contribution < 1.29 is 14.4 Å². The van der Waals surface area contributed by atoms with Crippen molar-refractivity contribution in [1.82, 2.24) is 0 Å². The lowest BCUT2D eigenvalue weighted by Gasteiger charge is -2.41. The van der Waals surface area contributed by atoms with E-state index >= 15 is 0 Å². The summed E-state index contributed by atoms with van der Waals surface area (Å²) in [5, 5.41) is 0. The molecular weight excluding hydrogens is 296 g/mol. The van der Waals surface area contributed by atoms with Gasteiger partial charge in [0.05, 0.1) is 11.1 Å². The van der Waals surface area contributed by atoms with Crippen LogP contribution >= 0.6 is 0 Å². The van der Waals surface area contributed by atoms with Gasteiger partial charge in [0, 0.05) is 0 Å². The molecule has 2 rings (SSSR count). The van der Waals surface area contributed by atoms with Crippen LogP contribution < -0.4 is 11.5 Å². The third kappa shape index (κ3) is 6.35. The average molecular weight is 322 g/mol. The number of nitrogens with two attached hydrogens (primary N) is 2. The number of aliphatic imine (C=N–C) groups is 2. The maximum Gasteiger partial charge on any atom is 0.309 e. The number of urea groups is 1. The quantitative estimate of drug-likeness (QED) is 0.609. The van der Waals surface area contributed by atoms with Crippen LogP contribution in [0.3, 0.4) is 0 Å². The molecule has 0 aromatic carbocycles. The summed E-state index contributed by atoms with van der Waals surface area (Å²) in [5.41, 5.74) is 7.86. The fraction of sp³-hybridized carbons (Fsp3) is 0.812. The van der Waals surface area contributed by atoms with E-state index in [2.05, 4.69) is 21.5 Å². The van der Waals surface area contributed by atoms with Crippen molar-refractivity contribution in [2.75, 3.05) is 0 Å². The smallest absolute Gasteiger partial charge is 0.309 e. The summed E-state index contributed by atoms with van der Waals surface area (Å²) in [6, 6.07) is -0.833.